The molecule has 2 saturated heterocycles. The number of likely N-dealkylation sites (tertiary alicyclic amines) is 1. The first-order valence-electron chi connectivity index (χ1n) is 8.98. The van der Waals surface area contributed by atoms with Gasteiger partial charge in [-0.15, -0.1) is 0 Å². The number of carbonyl (C=O) groups is 1. The van der Waals surface area contributed by atoms with Crippen molar-refractivity contribution in [1.29, 1.82) is 0 Å². The third-order valence-electron chi connectivity index (χ3n) is 4.94. The molecule has 2 heterocycles. The molecular formula is C20H25N3O2. The van der Waals surface area contributed by atoms with Crippen molar-refractivity contribution in [3.8, 4) is 0 Å². The van der Waals surface area contributed by atoms with Gasteiger partial charge in [0.05, 0.1) is 26.3 Å². The monoisotopic (exact) mass is 339 g/mol. The number of piperidine rings is 1. The summed E-state index contributed by atoms with van der Waals surface area (Å²) in [6.07, 6.45) is 6.41. The van der Waals surface area contributed by atoms with E-state index in [9.17, 15) is 4.79 Å². The van der Waals surface area contributed by atoms with Gasteiger partial charge in [-0.25, -0.2) is 4.85 Å². The summed E-state index contributed by atoms with van der Waals surface area (Å²) < 4.78 is 5.33. The van der Waals surface area contributed by atoms with E-state index in [0.29, 0.717) is 18.2 Å². The average molecular weight is 339 g/mol. The predicted molar refractivity (Wildman–Crippen MR) is 98.3 cm³/mol. The molecule has 5 heteroatoms. The van der Waals surface area contributed by atoms with Crippen LogP contribution in [0.1, 0.15) is 18.4 Å². The summed E-state index contributed by atoms with van der Waals surface area (Å²) in [5, 5.41) is 0. The molecule has 0 saturated carbocycles. The van der Waals surface area contributed by atoms with Gasteiger partial charge in [0.25, 0.3) is 0 Å². The van der Waals surface area contributed by atoms with Crippen molar-refractivity contribution in [2.45, 2.75) is 12.8 Å². The van der Waals surface area contributed by atoms with Gasteiger partial charge in [0.15, 0.2) is 5.69 Å². The molecule has 0 atom stereocenters. The molecular weight excluding hydrogens is 314 g/mol. The van der Waals surface area contributed by atoms with Gasteiger partial charge < -0.3 is 9.64 Å². The van der Waals surface area contributed by atoms with Crippen LogP contribution in [0.15, 0.2) is 30.3 Å². The molecule has 2 fully saturated rings. The molecule has 2 aliphatic rings. The fourth-order valence-corrected chi connectivity index (χ4v) is 3.30. The highest BCUT2D eigenvalue weighted by molar-refractivity contribution is 5.78. The second-order valence-corrected chi connectivity index (χ2v) is 6.67. The molecule has 1 aromatic carbocycles. The summed E-state index contributed by atoms with van der Waals surface area (Å²) in [5.74, 6) is 0.770. The summed E-state index contributed by atoms with van der Waals surface area (Å²) in [5.41, 5.74) is 1.79. The number of carbonyl (C=O) groups excluding carboxylic acids is 1. The molecule has 5 nitrogen and oxygen atoms in total. The van der Waals surface area contributed by atoms with Crippen LogP contribution < -0.4 is 0 Å². The normalized spacial score (nSPS) is 19.9. The Morgan fingerprint density at radius 1 is 1.16 bits per heavy atom. The molecule has 132 valence electrons. The van der Waals surface area contributed by atoms with E-state index in [1.165, 1.54) is 0 Å². The van der Waals surface area contributed by atoms with Gasteiger partial charge in [-0.1, -0.05) is 36.4 Å². The fraction of sp³-hybridized carbons (Fsp3) is 0.500. The van der Waals surface area contributed by atoms with E-state index in [0.717, 1.165) is 57.8 Å². The molecule has 3 rings (SSSR count). The highest BCUT2D eigenvalue weighted by atomic mass is 16.5. The Balaban J connectivity index is 1.43. The second-order valence-electron chi connectivity index (χ2n) is 6.67. The number of rotatable bonds is 4. The van der Waals surface area contributed by atoms with Crippen LogP contribution in [0.25, 0.3) is 10.9 Å². The summed E-state index contributed by atoms with van der Waals surface area (Å²) in [6, 6.07) is 7.65. The lowest BCUT2D eigenvalue weighted by molar-refractivity contribution is -0.134. The minimum Gasteiger partial charge on any atom is -0.379 e. The minimum atomic E-state index is 0.249. The minimum absolute atomic E-state index is 0.249. The maximum absolute atomic E-state index is 12.4. The van der Waals surface area contributed by atoms with Crippen molar-refractivity contribution < 1.29 is 9.53 Å². The number of nitrogens with zero attached hydrogens (tertiary/aromatic N) is 3. The van der Waals surface area contributed by atoms with Crippen molar-refractivity contribution >= 4 is 17.7 Å². The molecule has 0 unspecified atom stereocenters. The van der Waals surface area contributed by atoms with Gasteiger partial charge in [0, 0.05) is 26.2 Å². The summed E-state index contributed by atoms with van der Waals surface area (Å²) in [4.78, 5) is 20.0. The zero-order valence-electron chi connectivity index (χ0n) is 14.6. The summed E-state index contributed by atoms with van der Waals surface area (Å²) >= 11 is 0. The number of hydrogen-bond acceptors (Lipinski definition) is 3. The number of amides is 1. The topological polar surface area (TPSA) is 37.1 Å². The summed E-state index contributed by atoms with van der Waals surface area (Å²) in [6.45, 7) is 12.4. The van der Waals surface area contributed by atoms with E-state index in [-0.39, 0.29) is 5.91 Å². The second kappa shape index (κ2) is 8.80. The van der Waals surface area contributed by atoms with Gasteiger partial charge in [0.1, 0.15) is 0 Å². The van der Waals surface area contributed by atoms with Crippen LogP contribution in [0.3, 0.4) is 0 Å². The van der Waals surface area contributed by atoms with Crippen LogP contribution in [-0.2, 0) is 9.53 Å². The Morgan fingerprint density at radius 2 is 1.84 bits per heavy atom. The Labute approximate surface area is 149 Å². The van der Waals surface area contributed by atoms with Gasteiger partial charge in [0.2, 0.25) is 5.91 Å². The first kappa shape index (κ1) is 17.7. The van der Waals surface area contributed by atoms with Crippen LogP contribution >= 0.6 is 0 Å². The molecule has 1 aromatic rings. The standard InChI is InChI=1S/C20H25N3O2/c1-21-19-6-4-17(5-7-19)2-3-18-8-10-23(11-9-18)20(24)16-22-12-14-25-15-13-22/h2-7,18H,8-16H2. The summed E-state index contributed by atoms with van der Waals surface area (Å²) in [7, 11) is 0. The first-order valence-corrected chi connectivity index (χ1v) is 8.98. The van der Waals surface area contributed by atoms with Crippen molar-refractivity contribution in [2.24, 2.45) is 5.92 Å². The zero-order chi connectivity index (χ0) is 17.5. The quantitative estimate of drug-likeness (QED) is 0.792. The predicted octanol–water partition coefficient (Wildman–Crippen LogP) is 2.82. The number of morpholine rings is 1. The first-order chi connectivity index (χ1) is 12.2. The number of allylic oxidation sites excluding steroid dienone is 1. The molecule has 0 radical (unpaired) electrons. The lowest BCUT2D eigenvalue weighted by Gasteiger charge is -2.33. The Kier molecular flexibility index (Phi) is 6.21. The van der Waals surface area contributed by atoms with Crippen molar-refractivity contribution in [3.05, 3.63) is 47.3 Å². The molecule has 1 amide bonds. The molecule has 0 N–H and O–H groups in total. The Hall–Kier alpha value is -2.16. The highest BCUT2D eigenvalue weighted by Gasteiger charge is 2.23. The van der Waals surface area contributed by atoms with Crippen LogP contribution in [0.2, 0.25) is 0 Å². The fourth-order valence-electron chi connectivity index (χ4n) is 3.30. The van der Waals surface area contributed by atoms with Crippen LogP contribution in [-0.4, -0.2) is 61.6 Å². The molecule has 25 heavy (non-hydrogen) atoms. The van der Waals surface area contributed by atoms with Gasteiger partial charge in [-0.05, 0) is 24.3 Å². The number of benzene rings is 1. The third kappa shape index (κ3) is 5.15. The van der Waals surface area contributed by atoms with E-state index < -0.39 is 0 Å². The largest absolute Gasteiger partial charge is 0.379 e. The van der Waals surface area contributed by atoms with E-state index in [4.69, 9.17) is 11.3 Å². The molecule has 0 aliphatic carbocycles. The lowest BCUT2D eigenvalue weighted by atomic mass is 9.95. The smallest absolute Gasteiger partial charge is 0.236 e. The maximum Gasteiger partial charge on any atom is 0.236 e. The Bertz CT molecular complexity index is 634. The molecule has 0 spiro atoms. The van der Waals surface area contributed by atoms with Gasteiger partial charge in [-0.2, -0.15) is 0 Å². The van der Waals surface area contributed by atoms with Gasteiger partial charge in [-0.3, -0.25) is 9.69 Å². The van der Waals surface area contributed by atoms with Crippen LogP contribution in [0.5, 0.6) is 0 Å². The van der Waals surface area contributed by atoms with E-state index in [1.807, 2.05) is 29.2 Å². The van der Waals surface area contributed by atoms with Crippen molar-refractivity contribution in [2.75, 3.05) is 45.9 Å². The van der Waals surface area contributed by atoms with E-state index in [2.05, 4.69) is 21.9 Å². The van der Waals surface area contributed by atoms with E-state index >= 15 is 0 Å². The highest BCUT2D eigenvalue weighted by Crippen LogP contribution is 2.21. The Morgan fingerprint density at radius 3 is 2.48 bits per heavy atom. The average Bonchev–Trinajstić information content (AvgIpc) is 2.68. The maximum atomic E-state index is 12.4. The molecule has 0 bridgehead atoms. The lowest BCUT2D eigenvalue weighted by Crippen LogP contribution is -2.46. The van der Waals surface area contributed by atoms with Crippen molar-refractivity contribution in [1.82, 2.24) is 9.80 Å². The van der Waals surface area contributed by atoms with Gasteiger partial charge >= 0.3 is 0 Å². The molecule has 0 aromatic heterocycles. The zero-order valence-corrected chi connectivity index (χ0v) is 14.6. The number of ether oxygens (including phenoxy) is 1. The number of hydrogen-bond donors (Lipinski definition) is 0. The van der Waals surface area contributed by atoms with Crippen molar-refractivity contribution in [3.63, 3.8) is 0 Å². The third-order valence-corrected chi connectivity index (χ3v) is 4.94. The SMILES string of the molecule is [C-]#[N+]c1ccc(C=CC2CCN(C(=O)CN3CCOCC3)CC2)cc1. The van der Waals surface area contributed by atoms with E-state index in [1.54, 1.807) is 0 Å². The van der Waals surface area contributed by atoms with Crippen LogP contribution in [0.4, 0.5) is 5.69 Å². The van der Waals surface area contributed by atoms with Crippen LogP contribution in [0, 0.1) is 12.5 Å². The molecule has 2 aliphatic heterocycles.